The van der Waals surface area contributed by atoms with Crippen molar-refractivity contribution in [2.45, 2.75) is 12.5 Å². The van der Waals surface area contributed by atoms with Gasteiger partial charge >= 0.3 is 0 Å². The van der Waals surface area contributed by atoms with Crippen LogP contribution in [0.3, 0.4) is 0 Å². The molecule has 1 aliphatic heterocycles. The van der Waals surface area contributed by atoms with E-state index in [1.807, 2.05) is 6.07 Å². The zero-order chi connectivity index (χ0) is 17.1. The number of fused-ring (bicyclic) bond motifs is 1. The minimum Gasteiger partial charge on any atom is -0.508 e. The second kappa shape index (κ2) is 7.66. The van der Waals surface area contributed by atoms with E-state index in [-0.39, 0.29) is 12.4 Å². The van der Waals surface area contributed by atoms with Crippen LogP contribution in [0.15, 0.2) is 41.4 Å². The van der Waals surface area contributed by atoms with E-state index in [0.717, 1.165) is 16.3 Å². The van der Waals surface area contributed by atoms with Crippen molar-refractivity contribution in [2.24, 2.45) is 4.99 Å². The van der Waals surface area contributed by atoms with Crippen molar-refractivity contribution in [3.8, 4) is 11.5 Å². The van der Waals surface area contributed by atoms with E-state index in [9.17, 15) is 10.2 Å². The zero-order valence-electron chi connectivity index (χ0n) is 12.6. The smallest absolute Gasteiger partial charge is 0.119 e. The number of aliphatic imine (C=N–C) groups is 1. The molecule has 24 heavy (non-hydrogen) atoms. The fourth-order valence-electron chi connectivity index (χ4n) is 2.22. The van der Waals surface area contributed by atoms with Gasteiger partial charge in [0, 0.05) is 12.2 Å². The molecule has 1 atom stereocenters. The third-order valence-electron chi connectivity index (χ3n) is 3.43. The number of phenols is 1. The first-order chi connectivity index (χ1) is 11.5. The van der Waals surface area contributed by atoms with Crippen molar-refractivity contribution in [3.05, 3.63) is 52.0 Å². The Morgan fingerprint density at radius 1 is 1.17 bits per heavy atom. The molecular formula is C17H15Cl2NO3S. The first-order valence-electron chi connectivity index (χ1n) is 7.29. The second-order valence-electron chi connectivity index (χ2n) is 5.35. The normalized spacial score (nSPS) is 14.2. The summed E-state index contributed by atoms with van der Waals surface area (Å²) in [5, 5.41) is 21.2. The van der Waals surface area contributed by atoms with E-state index in [1.54, 1.807) is 18.2 Å². The maximum Gasteiger partial charge on any atom is 0.119 e. The number of halogens is 2. The molecule has 0 amide bonds. The average Bonchev–Trinajstić information content (AvgIpc) is 2.94. The maximum atomic E-state index is 10.0. The van der Waals surface area contributed by atoms with Gasteiger partial charge in [0.1, 0.15) is 18.1 Å². The Labute approximate surface area is 154 Å². The second-order valence-corrected chi connectivity index (χ2v) is 7.25. The molecule has 126 valence electrons. The van der Waals surface area contributed by atoms with Gasteiger partial charge in [0.05, 0.1) is 26.9 Å². The summed E-state index contributed by atoms with van der Waals surface area (Å²) >= 11 is 13.5. The number of nitrogens with zero attached hydrogens (tertiary/aromatic N) is 1. The van der Waals surface area contributed by atoms with Crippen LogP contribution >= 0.6 is 35.0 Å². The first kappa shape index (κ1) is 17.4. The van der Waals surface area contributed by atoms with Gasteiger partial charge in [0.2, 0.25) is 0 Å². The summed E-state index contributed by atoms with van der Waals surface area (Å²) in [7, 11) is 0. The maximum absolute atomic E-state index is 10.0. The molecular weight excluding hydrogens is 369 g/mol. The summed E-state index contributed by atoms with van der Waals surface area (Å²) in [5.74, 6) is 1.26. The van der Waals surface area contributed by atoms with E-state index in [1.165, 1.54) is 23.9 Å². The predicted molar refractivity (Wildman–Crippen MR) is 99.3 cm³/mol. The van der Waals surface area contributed by atoms with Gasteiger partial charge in [-0.05, 0) is 42.0 Å². The Kier molecular flexibility index (Phi) is 5.56. The lowest BCUT2D eigenvalue weighted by Crippen LogP contribution is -2.20. The molecule has 2 N–H and O–H groups in total. The number of phenolic OH excluding ortho intramolecular Hbond substituents is 1. The molecule has 1 aliphatic rings. The number of benzene rings is 2. The molecule has 0 fully saturated rings. The van der Waals surface area contributed by atoms with Crippen LogP contribution in [0.25, 0.3) is 0 Å². The number of hydrogen-bond donors (Lipinski definition) is 2. The highest BCUT2D eigenvalue weighted by molar-refractivity contribution is 8.14. The highest BCUT2D eigenvalue weighted by atomic mass is 35.5. The third-order valence-corrected chi connectivity index (χ3v) is 5.27. The van der Waals surface area contributed by atoms with Crippen molar-refractivity contribution >= 4 is 45.7 Å². The summed E-state index contributed by atoms with van der Waals surface area (Å²) in [6.07, 6.45) is 0.0741. The van der Waals surface area contributed by atoms with Gasteiger partial charge in [-0.1, -0.05) is 23.2 Å². The van der Waals surface area contributed by atoms with E-state index in [2.05, 4.69) is 4.99 Å². The Bertz CT molecular complexity index is 765. The lowest BCUT2D eigenvalue weighted by Gasteiger charge is -2.12. The number of rotatable bonds is 5. The molecule has 0 saturated carbocycles. The van der Waals surface area contributed by atoms with Crippen LogP contribution in [0.2, 0.25) is 10.0 Å². The fraction of sp³-hybridized carbons (Fsp3) is 0.235. The monoisotopic (exact) mass is 383 g/mol. The Morgan fingerprint density at radius 2 is 1.88 bits per heavy atom. The van der Waals surface area contributed by atoms with E-state index >= 15 is 0 Å². The fourth-order valence-corrected chi connectivity index (χ4v) is 3.46. The van der Waals surface area contributed by atoms with Crippen LogP contribution in [0.4, 0.5) is 5.69 Å². The van der Waals surface area contributed by atoms with E-state index in [4.69, 9.17) is 27.9 Å². The molecule has 1 heterocycles. The van der Waals surface area contributed by atoms with Gasteiger partial charge in [-0.3, -0.25) is 0 Å². The molecule has 0 spiro atoms. The van der Waals surface area contributed by atoms with E-state index < -0.39 is 6.10 Å². The molecule has 0 aromatic heterocycles. The predicted octanol–water partition coefficient (Wildman–Crippen LogP) is 4.46. The van der Waals surface area contributed by atoms with E-state index in [0.29, 0.717) is 28.0 Å². The lowest BCUT2D eigenvalue weighted by molar-refractivity contribution is 0.126. The van der Waals surface area contributed by atoms with Crippen molar-refractivity contribution in [1.29, 1.82) is 0 Å². The van der Waals surface area contributed by atoms with Gasteiger partial charge < -0.3 is 14.9 Å². The zero-order valence-corrected chi connectivity index (χ0v) is 14.9. The van der Waals surface area contributed by atoms with Crippen molar-refractivity contribution in [1.82, 2.24) is 0 Å². The highest BCUT2D eigenvalue weighted by Gasteiger charge is 2.18. The van der Waals surface area contributed by atoms with Crippen LogP contribution in [0, 0.1) is 0 Å². The molecule has 4 nitrogen and oxygen atoms in total. The lowest BCUT2D eigenvalue weighted by atomic mass is 10.1. The van der Waals surface area contributed by atoms with Crippen LogP contribution < -0.4 is 4.74 Å². The first-order valence-corrected chi connectivity index (χ1v) is 9.03. The Balaban J connectivity index is 1.48. The summed E-state index contributed by atoms with van der Waals surface area (Å²) in [5.41, 5.74) is 1.88. The quantitative estimate of drug-likeness (QED) is 0.799. The molecule has 0 radical (unpaired) electrons. The van der Waals surface area contributed by atoms with Gasteiger partial charge in [-0.2, -0.15) is 0 Å². The minimum absolute atomic E-state index is 0.176. The average molecular weight is 384 g/mol. The standard InChI is InChI=1S/C17H15Cl2NO3S/c18-14-5-10-6-17(20-16(10)7-15(14)19)24-9-12(22)8-23-13-3-1-11(21)2-4-13/h1-5,7,12,21-22H,6,8-9H2/t12-/m1/s1. The van der Waals surface area contributed by atoms with Gasteiger partial charge in [-0.25, -0.2) is 4.99 Å². The molecule has 0 bridgehead atoms. The number of thioether (sulfide) groups is 1. The van der Waals surface area contributed by atoms with Crippen molar-refractivity contribution < 1.29 is 14.9 Å². The summed E-state index contributed by atoms with van der Waals surface area (Å²) < 4.78 is 5.48. The van der Waals surface area contributed by atoms with Gasteiger partial charge in [0.15, 0.2) is 0 Å². The van der Waals surface area contributed by atoms with Crippen LogP contribution in [0.1, 0.15) is 5.56 Å². The topological polar surface area (TPSA) is 62.0 Å². The Hall–Kier alpha value is -1.40. The van der Waals surface area contributed by atoms with Crippen LogP contribution in [-0.4, -0.2) is 33.7 Å². The number of aromatic hydroxyl groups is 1. The Morgan fingerprint density at radius 3 is 2.62 bits per heavy atom. The molecule has 2 aromatic rings. The number of hydrogen-bond acceptors (Lipinski definition) is 5. The number of ether oxygens (including phenoxy) is 1. The molecule has 3 rings (SSSR count). The van der Waals surface area contributed by atoms with Crippen molar-refractivity contribution in [2.75, 3.05) is 12.4 Å². The van der Waals surface area contributed by atoms with Crippen molar-refractivity contribution in [3.63, 3.8) is 0 Å². The molecule has 7 heteroatoms. The SMILES string of the molecule is Oc1ccc(OC[C@@H](O)CSC2=Nc3cc(Cl)c(Cl)cc3C2)cc1. The number of aliphatic hydroxyl groups excluding tert-OH is 1. The van der Waals surface area contributed by atoms with Gasteiger partial charge in [0.25, 0.3) is 0 Å². The van der Waals surface area contributed by atoms with Crippen LogP contribution in [0.5, 0.6) is 11.5 Å². The highest BCUT2D eigenvalue weighted by Crippen LogP contribution is 2.36. The molecule has 0 saturated heterocycles. The molecule has 0 unspecified atom stereocenters. The third kappa shape index (κ3) is 4.36. The minimum atomic E-state index is -0.623. The van der Waals surface area contributed by atoms with Crippen LogP contribution in [-0.2, 0) is 6.42 Å². The summed E-state index contributed by atoms with van der Waals surface area (Å²) in [6, 6.07) is 9.98. The molecule has 2 aromatic carbocycles. The summed E-state index contributed by atoms with van der Waals surface area (Å²) in [6.45, 7) is 0.176. The molecule has 0 aliphatic carbocycles. The summed E-state index contributed by atoms with van der Waals surface area (Å²) in [4.78, 5) is 4.51. The number of aliphatic hydroxyl groups is 1. The van der Waals surface area contributed by atoms with Gasteiger partial charge in [-0.15, -0.1) is 11.8 Å². The largest absolute Gasteiger partial charge is 0.508 e.